The average Bonchev–Trinajstić information content (AvgIpc) is 3.12. The van der Waals surface area contributed by atoms with Gasteiger partial charge in [0.2, 0.25) is 0 Å². The third kappa shape index (κ3) is 6.32. The first kappa shape index (κ1) is 29.2. The molecule has 5 heteroatoms. The van der Waals surface area contributed by atoms with Gasteiger partial charge in [-0.05, 0) is 46.5 Å². The van der Waals surface area contributed by atoms with Crippen molar-refractivity contribution in [2.75, 3.05) is 0 Å². The Hall–Kier alpha value is -5.52. The van der Waals surface area contributed by atoms with Gasteiger partial charge in [0, 0.05) is 28.5 Å². The Labute approximate surface area is 271 Å². The SMILES string of the molecule is C[Si](C)(C)c1ccc(-c2cccc(-c3cccc(-c4ccc(-c5nc(-c6ccccc6)nc(-c6ccccc6)n5)cn4)c3)c2)cc1. The fraction of sp³-hybridized carbons (Fsp3) is 0.0732. The summed E-state index contributed by atoms with van der Waals surface area (Å²) in [4.78, 5) is 19.4. The van der Waals surface area contributed by atoms with Gasteiger partial charge in [-0.3, -0.25) is 4.98 Å². The molecular formula is C41H34N4Si. The highest BCUT2D eigenvalue weighted by Crippen LogP contribution is 2.30. The Morgan fingerprint density at radius 3 is 1.30 bits per heavy atom. The summed E-state index contributed by atoms with van der Waals surface area (Å²) < 4.78 is 0. The van der Waals surface area contributed by atoms with Gasteiger partial charge in [0.05, 0.1) is 13.8 Å². The third-order valence-electron chi connectivity index (χ3n) is 8.16. The van der Waals surface area contributed by atoms with E-state index in [0.29, 0.717) is 17.5 Å². The summed E-state index contributed by atoms with van der Waals surface area (Å²) >= 11 is 0. The highest BCUT2D eigenvalue weighted by atomic mass is 28.3. The van der Waals surface area contributed by atoms with Gasteiger partial charge in [-0.25, -0.2) is 15.0 Å². The van der Waals surface area contributed by atoms with Crippen molar-refractivity contribution in [3.05, 3.63) is 152 Å². The van der Waals surface area contributed by atoms with Crippen LogP contribution in [0, 0.1) is 0 Å². The van der Waals surface area contributed by atoms with E-state index in [2.05, 4.69) is 92.4 Å². The van der Waals surface area contributed by atoms with Gasteiger partial charge in [0.25, 0.3) is 0 Å². The first-order valence-corrected chi connectivity index (χ1v) is 19.1. The minimum atomic E-state index is -1.33. The summed E-state index contributed by atoms with van der Waals surface area (Å²) in [6.07, 6.45) is 1.85. The lowest BCUT2D eigenvalue weighted by molar-refractivity contribution is 1.07. The van der Waals surface area contributed by atoms with Crippen LogP contribution < -0.4 is 5.19 Å². The Morgan fingerprint density at radius 1 is 0.370 bits per heavy atom. The van der Waals surface area contributed by atoms with Crippen LogP contribution in [0.5, 0.6) is 0 Å². The van der Waals surface area contributed by atoms with Crippen LogP contribution in [-0.4, -0.2) is 28.0 Å². The molecule has 0 spiro atoms. The summed E-state index contributed by atoms with van der Waals surface area (Å²) in [5, 5.41) is 1.47. The lowest BCUT2D eigenvalue weighted by Gasteiger charge is -2.17. The van der Waals surface area contributed by atoms with Gasteiger partial charge in [-0.1, -0.05) is 146 Å². The van der Waals surface area contributed by atoms with Gasteiger partial charge in [-0.2, -0.15) is 0 Å². The number of benzene rings is 5. The summed E-state index contributed by atoms with van der Waals surface area (Å²) in [7, 11) is -1.33. The Bertz CT molecular complexity index is 2050. The first-order chi connectivity index (χ1) is 22.4. The average molecular weight is 611 g/mol. The number of hydrogen-bond donors (Lipinski definition) is 0. The zero-order valence-corrected chi connectivity index (χ0v) is 27.2. The van der Waals surface area contributed by atoms with E-state index < -0.39 is 8.07 Å². The first-order valence-electron chi connectivity index (χ1n) is 15.6. The molecule has 222 valence electrons. The number of rotatable bonds is 7. The summed E-state index contributed by atoms with van der Waals surface area (Å²) in [6, 6.07) is 50.5. The molecule has 0 saturated heterocycles. The Balaban J connectivity index is 1.19. The van der Waals surface area contributed by atoms with Crippen LogP contribution in [0.2, 0.25) is 19.6 Å². The van der Waals surface area contributed by atoms with E-state index >= 15 is 0 Å². The molecule has 7 aromatic rings. The summed E-state index contributed by atoms with van der Waals surface area (Å²) in [6.45, 7) is 7.15. The number of pyridine rings is 1. The van der Waals surface area contributed by atoms with Gasteiger partial charge >= 0.3 is 0 Å². The largest absolute Gasteiger partial charge is 0.255 e. The maximum absolute atomic E-state index is 4.86. The van der Waals surface area contributed by atoms with Gasteiger partial charge < -0.3 is 0 Å². The highest BCUT2D eigenvalue weighted by molar-refractivity contribution is 6.88. The number of aromatic nitrogens is 4. The molecule has 5 aromatic carbocycles. The summed E-state index contributed by atoms with van der Waals surface area (Å²) in [5.74, 6) is 1.86. The zero-order chi connectivity index (χ0) is 31.5. The van der Waals surface area contributed by atoms with Crippen molar-refractivity contribution in [3.8, 4) is 67.7 Å². The van der Waals surface area contributed by atoms with Gasteiger partial charge in [-0.15, -0.1) is 0 Å². The fourth-order valence-electron chi connectivity index (χ4n) is 5.53. The normalized spacial score (nSPS) is 11.4. The van der Waals surface area contributed by atoms with Crippen molar-refractivity contribution < 1.29 is 0 Å². The van der Waals surface area contributed by atoms with Gasteiger partial charge in [0.15, 0.2) is 17.5 Å². The predicted molar refractivity (Wildman–Crippen MR) is 193 cm³/mol. The van der Waals surface area contributed by atoms with Crippen LogP contribution in [-0.2, 0) is 0 Å². The van der Waals surface area contributed by atoms with E-state index in [1.165, 1.54) is 21.9 Å². The molecule has 0 radical (unpaired) electrons. The molecular weight excluding hydrogens is 577 g/mol. The molecule has 0 aliphatic heterocycles. The van der Waals surface area contributed by atoms with Crippen LogP contribution >= 0.6 is 0 Å². The van der Waals surface area contributed by atoms with E-state index in [0.717, 1.165) is 33.5 Å². The topological polar surface area (TPSA) is 51.6 Å². The number of nitrogens with zero attached hydrogens (tertiary/aromatic N) is 4. The van der Waals surface area contributed by atoms with Crippen LogP contribution in [0.1, 0.15) is 0 Å². The minimum Gasteiger partial charge on any atom is -0.255 e. The molecule has 0 atom stereocenters. The molecule has 0 amide bonds. The van der Waals surface area contributed by atoms with Crippen molar-refractivity contribution >= 4 is 13.3 Å². The molecule has 2 aromatic heterocycles. The quantitative estimate of drug-likeness (QED) is 0.169. The van der Waals surface area contributed by atoms with Crippen molar-refractivity contribution in [3.63, 3.8) is 0 Å². The van der Waals surface area contributed by atoms with Crippen molar-refractivity contribution in [2.24, 2.45) is 0 Å². The van der Waals surface area contributed by atoms with Crippen LogP contribution in [0.3, 0.4) is 0 Å². The molecule has 7 rings (SSSR count). The van der Waals surface area contributed by atoms with E-state index in [4.69, 9.17) is 19.9 Å². The van der Waals surface area contributed by atoms with Crippen molar-refractivity contribution in [1.29, 1.82) is 0 Å². The smallest absolute Gasteiger partial charge is 0.165 e. The second-order valence-corrected chi connectivity index (χ2v) is 17.5. The van der Waals surface area contributed by atoms with Gasteiger partial charge in [0.1, 0.15) is 0 Å². The third-order valence-corrected chi connectivity index (χ3v) is 10.2. The van der Waals surface area contributed by atoms with Crippen molar-refractivity contribution in [2.45, 2.75) is 19.6 Å². The molecule has 0 unspecified atom stereocenters. The van der Waals surface area contributed by atoms with E-state index in [9.17, 15) is 0 Å². The molecule has 46 heavy (non-hydrogen) atoms. The molecule has 0 fully saturated rings. The van der Waals surface area contributed by atoms with Crippen LogP contribution in [0.25, 0.3) is 67.7 Å². The monoisotopic (exact) mass is 610 g/mol. The second kappa shape index (κ2) is 12.5. The number of hydrogen-bond acceptors (Lipinski definition) is 4. The van der Waals surface area contributed by atoms with Crippen LogP contribution in [0.15, 0.2) is 152 Å². The molecule has 0 aliphatic rings. The van der Waals surface area contributed by atoms with Crippen molar-refractivity contribution in [1.82, 2.24) is 19.9 Å². The Kier molecular flexibility index (Phi) is 7.91. The maximum atomic E-state index is 4.86. The highest BCUT2D eigenvalue weighted by Gasteiger charge is 2.16. The second-order valence-electron chi connectivity index (χ2n) is 12.5. The molecule has 0 N–H and O–H groups in total. The standard InChI is InChI=1S/C41H34N4Si/c1-46(2,3)37-23-20-29(21-24-37)32-16-10-17-33(26-32)34-18-11-19-35(27-34)38-25-22-36(28-42-38)41-44-39(30-12-6-4-7-13-30)43-40(45-41)31-14-8-5-9-15-31/h4-28H,1-3H3. The maximum Gasteiger partial charge on any atom is 0.165 e. The zero-order valence-electron chi connectivity index (χ0n) is 26.2. The minimum absolute atomic E-state index is 0.593. The molecule has 0 saturated carbocycles. The molecule has 0 bridgehead atoms. The van der Waals surface area contributed by atoms with E-state index in [1.54, 1.807) is 0 Å². The Morgan fingerprint density at radius 2 is 0.804 bits per heavy atom. The summed E-state index contributed by atoms with van der Waals surface area (Å²) in [5.41, 5.74) is 9.46. The van der Waals surface area contributed by atoms with E-state index in [1.807, 2.05) is 79.0 Å². The molecule has 2 heterocycles. The van der Waals surface area contributed by atoms with E-state index in [-0.39, 0.29) is 0 Å². The van der Waals surface area contributed by atoms with Crippen LogP contribution in [0.4, 0.5) is 0 Å². The fourth-order valence-corrected chi connectivity index (χ4v) is 6.70. The lowest BCUT2D eigenvalue weighted by atomic mass is 9.97. The lowest BCUT2D eigenvalue weighted by Crippen LogP contribution is -2.37. The molecule has 0 aliphatic carbocycles. The predicted octanol–water partition coefficient (Wildman–Crippen LogP) is 9.81. The molecule has 4 nitrogen and oxygen atoms in total.